The second kappa shape index (κ2) is 9.20. The number of carbonyl (C=O) groups is 1. The van der Waals surface area contributed by atoms with Crippen LogP contribution in [-0.2, 0) is 11.3 Å². The molecule has 0 bridgehead atoms. The summed E-state index contributed by atoms with van der Waals surface area (Å²) in [5, 5.41) is 0. The minimum atomic E-state index is 0.263. The lowest BCUT2D eigenvalue weighted by atomic mass is 9.79. The average Bonchev–Trinajstić information content (AvgIpc) is 3.09. The number of nitrogens with zero attached hydrogens (tertiary/aromatic N) is 2. The Bertz CT molecular complexity index is 654. The van der Waals surface area contributed by atoms with Gasteiger partial charge in [-0.05, 0) is 38.1 Å². The summed E-state index contributed by atoms with van der Waals surface area (Å²) in [6, 6.07) is 6.09. The number of carbonyl (C=O) groups excluding carboxylic acids is 1. The molecule has 1 spiro atoms. The molecular formula is C21H32N2O3S. The Hall–Kier alpha value is -1.40. The predicted octanol–water partition coefficient (Wildman–Crippen LogP) is 3.27. The van der Waals surface area contributed by atoms with Crippen molar-refractivity contribution in [2.45, 2.75) is 32.2 Å². The molecule has 0 aliphatic carbocycles. The second-order valence-corrected chi connectivity index (χ2v) is 8.76. The molecule has 1 aromatic carbocycles. The summed E-state index contributed by atoms with van der Waals surface area (Å²) in [7, 11) is 3.38. The largest absolute Gasteiger partial charge is 0.493 e. The van der Waals surface area contributed by atoms with E-state index in [4.69, 9.17) is 9.47 Å². The Kier molecular flexibility index (Phi) is 6.93. The van der Waals surface area contributed by atoms with Crippen LogP contribution in [0.5, 0.6) is 11.5 Å². The molecule has 0 saturated carbocycles. The zero-order valence-electron chi connectivity index (χ0n) is 16.8. The van der Waals surface area contributed by atoms with Crippen LogP contribution in [0.25, 0.3) is 0 Å². The normalized spacial score (nSPS) is 23.0. The molecule has 2 saturated heterocycles. The number of benzene rings is 1. The molecule has 2 fully saturated rings. The molecule has 0 N–H and O–H groups in total. The van der Waals surface area contributed by atoms with E-state index in [1.54, 1.807) is 26.0 Å². The van der Waals surface area contributed by atoms with Gasteiger partial charge in [0.15, 0.2) is 11.5 Å². The molecule has 1 atom stereocenters. The minimum Gasteiger partial charge on any atom is -0.493 e. The van der Waals surface area contributed by atoms with Gasteiger partial charge in [0.2, 0.25) is 5.91 Å². The summed E-state index contributed by atoms with van der Waals surface area (Å²) in [5.41, 5.74) is 1.43. The molecule has 1 amide bonds. The summed E-state index contributed by atoms with van der Waals surface area (Å²) >= 11 is 1.75. The van der Waals surface area contributed by atoms with Crippen molar-refractivity contribution in [1.29, 1.82) is 0 Å². The monoisotopic (exact) mass is 392 g/mol. The molecule has 1 unspecified atom stereocenters. The topological polar surface area (TPSA) is 42.0 Å². The van der Waals surface area contributed by atoms with Crippen LogP contribution in [0, 0.1) is 5.41 Å². The van der Waals surface area contributed by atoms with Crippen LogP contribution in [0.2, 0.25) is 0 Å². The van der Waals surface area contributed by atoms with Crippen LogP contribution in [-0.4, -0.2) is 68.1 Å². The number of hydrogen-bond acceptors (Lipinski definition) is 5. The van der Waals surface area contributed by atoms with E-state index in [2.05, 4.69) is 22.1 Å². The van der Waals surface area contributed by atoms with Gasteiger partial charge in [0.1, 0.15) is 0 Å². The summed E-state index contributed by atoms with van der Waals surface area (Å²) in [5.74, 6) is 2.87. The fourth-order valence-electron chi connectivity index (χ4n) is 4.59. The van der Waals surface area contributed by atoms with Crippen LogP contribution in [0.15, 0.2) is 18.2 Å². The van der Waals surface area contributed by atoms with Crippen LogP contribution < -0.4 is 9.47 Å². The summed E-state index contributed by atoms with van der Waals surface area (Å²) in [6.45, 7) is 4.86. The van der Waals surface area contributed by atoms with Crippen molar-refractivity contribution in [3.8, 4) is 11.5 Å². The number of thioether (sulfide) groups is 1. The van der Waals surface area contributed by atoms with E-state index in [1.807, 2.05) is 12.1 Å². The van der Waals surface area contributed by atoms with Gasteiger partial charge < -0.3 is 14.4 Å². The van der Waals surface area contributed by atoms with Gasteiger partial charge in [-0.1, -0.05) is 12.1 Å². The van der Waals surface area contributed by atoms with Gasteiger partial charge in [-0.25, -0.2) is 0 Å². The fourth-order valence-corrected chi connectivity index (χ4v) is 4.97. The number of hydrogen-bond donors (Lipinski definition) is 0. The molecule has 6 heteroatoms. The number of ether oxygens (including phenoxy) is 2. The van der Waals surface area contributed by atoms with Crippen LogP contribution >= 0.6 is 11.8 Å². The van der Waals surface area contributed by atoms with Crippen molar-refractivity contribution in [2.24, 2.45) is 5.41 Å². The Morgan fingerprint density at radius 3 is 2.78 bits per heavy atom. The molecule has 5 nitrogen and oxygen atoms in total. The first kappa shape index (κ1) is 20.3. The van der Waals surface area contributed by atoms with E-state index >= 15 is 0 Å². The zero-order valence-corrected chi connectivity index (χ0v) is 17.6. The molecule has 1 aromatic rings. The molecule has 150 valence electrons. The maximum atomic E-state index is 12.4. The van der Waals surface area contributed by atoms with E-state index in [0.29, 0.717) is 12.3 Å². The maximum absolute atomic E-state index is 12.4. The van der Waals surface area contributed by atoms with Crippen molar-refractivity contribution in [3.05, 3.63) is 23.8 Å². The number of piperidine rings is 1. The molecule has 0 radical (unpaired) electrons. The molecule has 2 aliphatic heterocycles. The van der Waals surface area contributed by atoms with Crippen molar-refractivity contribution in [1.82, 2.24) is 9.80 Å². The van der Waals surface area contributed by atoms with Gasteiger partial charge in [-0.15, -0.1) is 0 Å². The summed E-state index contributed by atoms with van der Waals surface area (Å²) in [6.07, 6.45) is 6.28. The Morgan fingerprint density at radius 1 is 1.19 bits per heavy atom. The van der Waals surface area contributed by atoms with Gasteiger partial charge in [-0.2, -0.15) is 11.8 Å². The Morgan fingerprint density at radius 2 is 2.04 bits per heavy atom. The van der Waals surface area contributed by atoms with Crippen molar-refractivity contribution in [3.63, 3.8) is 0 Å². The summed E-state index contributed by atoms with van der Waals surface area (Å²) in [4.78, 5) is 17.1. The first-order chi connectivity index (χ1) is 13.1. The third-order valence-electron chi connectivity index (χ3n) is 5.93. The lowest BCUT2D eigenvalue weighted by Gasteiger charge is -2.40. The lowest BCUT2D eigenvalue weighted by molar-refractivity contribution is -0.130. The first-order valence-electron chi connectivity index (χ1n) is 9.80. The maximum Gasteiger partial charge on any atom is 0.223 e. The van der Waals surface area contributed by atoms with Gasteiger partial charge in [0.05, 0.1) is 14.2 Å². The number of rotatable bonds is 7. The van der Waals surface area contributed by atoms with E-state index in [0.717, 1.165) is 56.4 Å². The molecule has 0 aromatic heterocycles. The van der Waals surface area contributed by atoms with Crippen molar-refractivity contribution >= 4 is 17.7 Å². The van der Waals surface area contributed by atoms with Crippen LogP contribution in [0.3, 0.4) is 0 Å². The highest BCUT2D eigenvalue weighted by Gasteiger charge is 2.42. The quantitative estimate of drug-likeness (QED) is 0.712. The smallest absolute Gasteiger partial charge is 0.223 e. The molecule has 2 aliphatic rings. The fraction of sp³-hybridized carbons (Fsp3) is 0.667. The first-order valence-corrected chi connectivity index (χ1v) is 11.2. The average molecular weight is 393 g/mol. The van der Waals surface area contributed by atoms with E-state index < -0.39 is 0 Å². The number of para-hydroxylation sites is 1. The lowest BCUT2D eigenvalue weighted by Crippen LogP contribution is -2.45. The SMILES string of the molecule is COc1cccc(CN2CCCC3(CCN(C(=O)CCSC)C3)C2)c1OC. The molecule has 2 heterocycles. The minimum absolute atomic E-state index is 0.263. The third-order valence-corrected chi connectivity index (χ3v) is 6.54. The van der Waals surface area contributed by atoms with Gasteiger partial charge in [0, 0.05) is 49.3 Å². The van der Waals surface area contributed by atoms with Crippen LogP contribution in [0.4, 0.5) is 0 Å². The zero-order chi connectivity index (χ0) is 19.3. The third kappa shape index (κ3) is 4.72. The van der Waals surface area contributed by atoms with Crippen LogP contribution in [0.1, 0.15) is 31.2 Å². The molecule has 27 heavy (non-hydrogen) atoms. The second-order valence-electron chi connectivity index (χ2n) is 7.77. The van der Waals surface area contributed by atoms with Gasteiger partial charge >= 0.3 is 0 Å². The standard InChI is InChI=1S/C21H32N2O3S/c1-25-18-7-4-6-17(20(18)26-2)14-22-11-5-9-21(15-22)10-12-23(16-21)19(24)8-13-27-3/h4,6-7H,5,8-16H2,1-3H3. The molecular weight excluding hydrogens is 360 g/mol. The highest BCUT2D eigenvalue weighted by molar-refractivity contribution is 7.98. The Labute approximate surface area is 167 Å². The highest BCUT2D eigenvalue weighted by Crippen LogP contribution is 2.40. The van der Waals surface area contributed by atoms with E-state index in [-0.39, 0.29) is 5.41 Å². The van der Waals surface area contributed by atoms with Crippen molar-refractivity contribution in [2.75, 3.05) is 52.4 Å². The van der Waals surface area contributed by atoms with E-state index in [1.165, 1.54) is 18.4 Å². The highest BCUT2D eigenvalue weighted by atomic mass is 32.2. The summed E-state index contributed by atoms with van der Waals surface area (Å²) < 4.78 is 11.0. The Balaban J connectivity index is 1.64. The van der Waals surface area contributed by atoms with E-state index in [9.17, 15) is 4.79 Å². The van der Waals surface area contributed by atoms with Gasteiger partial charge in [-0.3, -0.25) is 9.69 Å². The number of amides is 1. The number of methoxy groups -OCH3 is 2. The number of likely N-dealkylation sites (tertiary alicyclic amines) is 2. The van der Waals surface area contributed by atoms with Gasteiger partial charge in [0.25, 0.3) is 0 Å². The van der Waals surface area contributed by atoms with Crippen molar-refractivity contribution < 1.29 is 14.3 Å². The molecule has 3 rings (SSSR count). The predicted molar refractivity (Wildman–Crippen MR) is 111 cm³/mol.